The van der Waals surface area contributed by atoms with Gasteiger partial charge >= 0.3 is 5.97 Å². The minimum absolute atomic E-state index is 0.00473. The molecule has 0 heterocycles. The third kappa shape index (κ3) is 2.80. The summed E-state index contributed by atoms with van der Waals surface area (Å²) in [6.07, 6.45) is 0.187. The quantitative estimate of drug-likeness (QED) is 0.881. The van der Waals surface area contributed by atoms with Crippen LogP contribution in [0.5, 0.6) is 0 Å². The number of fused-ring (bicyclic) bond motifs is 1. The second-order valence-electron chi connectivity index (χ2n) is 5.77. The third-order valence-electron chi connectivity index (χ3n) is 4.25. The molecule has 2 aromatic rings. The first-order chi connectivity index (χ1) is 11.5. The fourth-order valence-corrected chi connectivity index (χ4v) is 3.04. The van der Waals surface area contributed by atoms with E-state index in [9.17, 15) is 14.4 Å². The number of hydrogen-bond acceptors (Lipinski definition) is 4. The molecule has 0 aliphatic heterocycles. The van der Waals surface area contributed by atoms with Gasteiger partial charge in [0.25, 0.3) is 0 Å². The Morgan fingerprint density at radius 3 is 2.50 bits per heavy atom. The second kappa shape index (κ2) is 6.28. The van der Waals surface area contributed by atoms with Crippen molar-refractivity contribution in [1.29, 1.82) is 0 Å². The predicted octanol–water partition coefficient (Wildman–Crippen LogP) is 3.09. The van der Waals surface area contributed by atoms with E-state index in [2.05, 4.69) is 10.1 Å². The average Bonchev–Trinajstić information content (AvgIpc) is 2.93. The fourth-order valence-electron chi connectivity index (χ4n) is 3.04. The molecule has 0 spiro atoms. The number of carbonyl (C=O) groups is 3. The highest BCUT2D eigenvalue weighted by Gasteiger charge is 2.35. The van der Waals surface area contributed by atoms with Crippen LogP contribution in [0.3, 0.4) is 0 Å². The van der Waals surface area contributed by atoms with Crippen molar-refractivity contribution in [3.05, 3.63) is 64.7 Å². The van der Waals surface area contributed by atoms with Gasteiger partial charge in [-0.25, -0.2) is 4.79 Å². The van der Waals surface area contributed by atoms with Crippen LogP contribution >= 0.6 is 0 Å². The first-order valence-electron chi connectivity index (χ1n) is 7.63. The van der Waals surface area contributed by atoms with Gasteiger partial charge in [0.1, 0.15) is 0 Å². The van der Waals surface area contributed by atoms with E-state index in [-0.39, 0.29) is 18.1 Å². The molecular formula is C19H17NO4. The Labute approximate surface area is 139 Å². The number of ketones is 1. The monoisotopic (exact) mass is 323 g/mol. The van der Waals surface area contributed by atoms with E-state index in [1.165, 1.54) is 7.11 Å². The minimum Gasteiger partial charge on any atom is -0.465 e. The maximum absolute atomic E-state index is 12.6. The molecule has 0 saturated heterocycles. The number of hydrogen-bond donors (Lipinski definition) is 1. The highest BCUT2D eigenvalue weighted by atomic mass is 16.5. The molecule has 1 aliphatic rings. The number of amides is 1. The topological polar surface area (TPSA) is 72.5 Å². The molecule has 1 atom stereocenters. The van der Waals surface area contributed by atoms with Crippen molar-refractivity contribution in [2.24, 2.45) is 0 Å². The van der Waals surface area contributed by atoms with Gasteiger partial charge in [0, 0.05) is 17.7 Å². The Morgan fingerprint density at radius 1 is 1.12 bits per heavy atom. The summed E-state index contributed by atoms with van der Waals surface area (Å²) in [4.78, 5) is 36.1. The van der Waals surface area contributed by atoms with Gasteiger partial charge in [0.2, 0.25) is 5.91 Å². The number of methoxy groups -OCH3 is 1. The molecule has 2 aromatic carbocycles. The highest BCUT2D eigenvalue weighted by Crippen LogP contribution is 2.36. The maximum atomic E-state index is 12.6. The summed E-state index contributed by atoms with van der Waals surface area (Å²) in [6, 6.07) is 11.9. The molecule has 5 heteroatoms. The van der Waals surface area contributed by atoms with Crippen molar-refractivity contribution in [3.8, 4) is 0 Å². The largest absolute Gasteiger partial charge is 0.465 e. The lowest BCUT2D eigenvalue weighted by atomic mass is 9.96. The Morgan fingerprint density at radius 2 is 1.83 bits per heavy atom. The SMILES string of the molecule is COC(=O)c1ccc(NC(=O)C2CC(=O)c3cccc(C)c32)cc1. The molecule has 0 saturated carbocycles. The molecule has 0 aromatic heterocycles. The number of aryl methyl sites for hydroxylation is 1. The fraction of sp³-hybridized carbons (Fsp3) is 0.211. The van der Waals surface area contributed by atoms with Gasteiger partial charge in [0.05, 0.1) is 18.6 Å². The zero-order chi connectivity index (χ0) is 17.3. The van der Waals surface area contributed by atoms with E-state index < -0.39 is 11.9 Å². The first kappa shape index (κ1) is 15.9. The van der Waals surface area contributed by atoms with Crippen molar-refractivity contribution >= 4 is 23.3 Å². The molecule has 1 amide bonds. The number of esters is 1. The standard InChI is InChI=1S/C19H17NO4/c1-11-4-3-5-14-16(21)10-15(17(11)14)18(22)20-13-8-6-12(7-9-13)19(23)24-2/h3-9,15H,10H2,1-2H3,(H,20,22). The zero-order valence-corrected chi connectivity index (χ0v) is 13.5. The Kier molecular flexibility index (Phi) is 4.16. The maximum Gasteiger partial charge on any atom is 0.337 e. The van der Waals surface area contributed by atoms with E-state index in [4.69, 9.17) is 0 Å². The van der Waals surface area contributed by atoms with Crippen LogP contribution in [0.15, 0.2) is 42.5 Å². The van der Waals surface area contributed by atoms with Gasteiger partial charge in [-0.15, -0.1) is 0 Å². The van der Waals surface area contributed by atoms with Crippen LogP contribution in [0.2, 0.25) is 0 Å². The smallest absolute Gasteiger partial charge is 0.337 e. The van der Waals surface area contributed by atoms with Crippen molar-refractivity contribution in [2.45, 2.75) is 19.3 Å². The summed E-state index contributed by atoms with van der Waals surface area (Å²) >= 11 is 0. The van der Waals surface area contributed by atoms with Crippen LogP contribution in [0.25, 0.3) is 0 Å². The van der Waals surface area contributed by atoms with E-state index >= 15 is 0 Å². The van der Waals surface area contributed by atoms with Gasteiger partial charge in [0.15, 0.2) is 5.78 Å². The van der Waals surface area contributed by atoms with Crippen LogP contribution in [-0.4, -0.2) is 24.8 Å². The van der Waals surface area contributed by atoms with Crippen LogP contribution in [0.1, 0.15) is 44.2 Å². The summed E-state index contributed by atoms with van der Waals surface area (Å²) in [5.74, 6) is -1.13. The number of benzene rings is 2. The van der Waals surface area contributed by atoms with Gasteiger partial charge in [-0.1, -0.05) is 18.2 Å². The van der Waals surface area contributed by atoms with Crippen molar-refractivity contribution in [2.75, 3.05) is 12.4 Å². The first-order valence-corrected chi connectivity index (χ1v) is 7.63. The molecule has 122 valence electrons. The number of Topliss-reactive ketones (excluding diaryl/α,β-unsaturated/α-hetero) is 1. The highest BCUT2D eigenvalue weighted by molar-refractivity contribution is 6.09. The molecule has 1 unspecified atom stereocenters. The second-order valence-corrected chi connectivity index (χ2v) is 5.77. The average molecular weight is 323 g/mol. The molecule has 5 nitrogen and oxygen atoms in total. The number of rotatable bonds is 3. The minimum atomic E-state index is -0.478. The van der Waals surface area contributed by atoms with E-state index in [0.717, 1.165) is 11.1 Å². The van der Waals surface area contributed by atoms with Crippen molar-refractivity contribution in [1.82, 2.24) is 0 Å². The van der Waals surface area contributed by atoms with Gasteiger partial charge in [-0.05, 0) is 42.3 Å². The number of carbonyl (C=O) groups excluding carboxylic acids is 3. The molecule has 0 fully saturated rings. The molecule has 0 bridgehead atoms. The Bertz CT molecular complexity index is 824. The summed E-state index contributed by atoms with van der Waals surface area (Å²) in [7, 11) is 1.31. The number of anilines is 1. The van der Waals surface area contributed by atoms with E-state index in [1.54, 1.807) is 30.3 Å². The Balaban J connectivity index is 1.80. The van der Waals surface area contributed by atoms with Gasteiger partial charge in [-0.3, -0.25) is 9.59 Å². The summed E-state index contributed by atoms with van der Waals surface area (Å²) < 4.78 is 4.64. The summed E-state index contributed by atoms with van der Waals surface area (Å²) in [5, 5.41) is 2.81. The van der Waals surface area contributed by atoms with Gasteiger partial charge < -0.3 is 10.1 Å². The van der Waals surface area contributed by atoms with Crippen molar-refractivity contribution in [3.63, 3.8) is 0 Å². The van der Waals surface area contributed by atoms with E-state index in [0.29, 0.717) is 16.8 Å². The van der Waals surface area contributed by atoms with Crippen LogP contribution in [-0.2, 0) is 9.53 Å². The van der Waals surface area contributed by atoms with E-state index in [1.807, 2.05) is 19.1 Å². The number of nitrogens with one attached hydrogen (secondary N) is 1. The lowest BCUT2D eigenvalue weighted by Gasteiger charge is -2.14. The lowest BCUT2D eigenvalue weighted by Crippen LogP contribution is -2.20. The van der Waals surface area contributed by atoms with Crippen molar-refractivity contribution < 1.29 is 19.1 Å². The normalized spacial score (nSPS) is 15.8. The molecule has 0 radical (unpaired) electrons. The lowest BCUT2D eigenvalue weighted by molar-refractivity contribution is -0.117. The molecule has 3 rings (SSSR count). The number of ether oxygens (including phenoxy) is 1. The third-order valence-corrected chi connectivity index (χ3v) is 4.25. The molecule has 1 aliphatic carbocycles. The van der Waals surface area contributed by atoms with Crippen LogP contribution in [0, 0.1) is 6.92 Å². The zero-order valence-electron chi connectivity index (χ0n) is 13.5. The Hall–Kier alpha value is -2.95. The van der Waals surface area contributed by atoms with Crippen LogP contribution in [0.4, 0.5) is 5.69 Å². The van der Waals surface area contributed by atoms with Gasteiger partial charge in [-0.2, -0.15) is 0 Å². The summed E-state index contributed by atoms with van der Waals surface area (Å²) in [6.45, 7) is 1.91. The molecule has 1 N–H and O–H groups in total. The van der Waals surface area contributed by atoms with Crippen LogP contribution < -0.4 is 5.32 Å². The summed E-state index contributed by atoms with van der Waals surface area (Å²) in [5.41, 5.74) is 3.37. The molecule has 24 heavy (non-hydrogen) atoms. The predicted molar refractivity (Wildman–Crippen MR) is 89.3 cm³/mol. The molecular weight excluding hydrogens is 306 g/mol.